The highest BCUT2D eigenvalue weighted by atomic mass is 16.5. The third-order valence-electron chi connectivity index (χ3n) is 3.21. The molecule has 1 aliphatic heterocycles. The van der Waals surface area contributed by atoms with Gasteiger partial charge in [-0.2, -0.15) is 0 Å². The molecule has 2 unspecified atom stereocenters. The standard InChI is InChI=1S/C13H28N2O/c1-4-5-13(3)14-10-12(2)11-15-6-8-16-9-7-15/h12-14H,4-11H2,1-3H3. The minimum absolute atomic E-state index is 0.664. The van der Waals surface area contributed by atoms with Crippen molar-refractivity contribution in [3.05, 3.63) is 0 Å². The number of nitrogens with one attached hydrogen (secondary N) is 1. The summed E-state index contributed by atoms with van der Waals surface area (Å²) < 4.78 is 5.35. The Bertz CT molecular complexity index is 169. The molecule has 0 bridgehead atoms. The smallest absolute Gasteiger partial charge is 0.0594 e. The molecular formula is C13H28N2O. The predicted molar refractivity (Wildman–Crippen MR) is 68.8 cm³/mol. The molecule has 1 aliphatic rings. The highest BCUT2D eigenvalue weighted by molar-refractivity contribution is 4.69. The molecule has 1 rings (SSSR count). The van der Waals surface area contributed by atoms with Crippen molar-refractivity contribution in [2.75, 3.05) is 39.4 Å². The largest absolute Gasteiger partial charge is 0.379 e. The van der Waals surface area contributed by atoms with E-state index >= 15 is 0 Å². The monoisotopic (exact) mass is 228 g/mol. The van der Waals surface area contributed by atoms with Gasteiger partial charge < -0.3 is 10.1 Å². The highest BCUT2D eigenvalue weighted by Crippen LogP contribution is 2.03. The lowest BCUT2D eigenvalue weighted by Gasteiger charge is -2.29. The van der Waals surface area contributed by atoms with Crippen LogP contribution in [0.3, 0.4) is 0 Å². The Kier molecular flexibility index (Phi) is 7.01. The van der Waals surface area contributed by atoms with E-state index < -0.39 is 0 Å². The van der Waals surface area contributed by atoms with Crippen LogP contribution in [0.15, 0.2) is 0 Å². The van der Waals surface area contributed by atoms with Crippen molar-refractivity contribution in [1.29, 1.82) is 0 Å². The molecular weight excluding hydrogens is 200 g/mol. The van der Waals surface area contributed by atoms with Gasteiger partial charge in [-0.05, 0) is 25.8 Å². The molecule has 1 saturated heterocycles. The summed E-state index contributed by atoms with van der Waals surface area (Å²) in [5, 5.41) is 3.61. The zero-order valence-electron chi connectivity index (χ0n) is 11.2. The molecule has 0 aromatic carbocycles. The summed E-state index contributed by atoms with van der Waals surface area (Å²) >= 11 is 0. The SMILES string of the molecule is CCCC(C)NCC(C)CN1CCOCC1. The molecule has 2 atom stereocenters. The van der Waals surface area contributed by atoms with Crippen LogP contribution in [0.2, 0.25) is 0 Å². The maximum atomic E-state index is 5.35. The number of hydrogen-bond acceptors (Lipinski definition) is 3. The lowest BCUT2D eigenvalue weighted by atomic mass is 10.1. The molecule has 0 aromatic heterocycles. The molecule has 0 saturated carbocycles. The van der Waals surface area contributed by atoms with Gasteiger partial charge in [0.1, 0.15) is 0 Å². The van der Waals surface area contributed by atoms with E-state index in [0.717, 1.165) is 38.8 Å². The van der Waals surface area contributed by atoms with Crippen LogP contribution >= 0.6 is 0 Å². The van der Waals surface area contributed by atoms with Gasteiger partial charge in [-0.1, -0.05) is 20.3 Å². The van der Waals surface area contributed by atoms with Crippen LogP contribution in [-0.4, -0.2) is 50.3 Å². The lowest BCUT2D eigenvalue weighted by Crippen LogP contribution is -2.41. The molecule has 0 aromatic rings. The summed E-state index contributed by atoms with van der Waals surface area (Å²) in [6.45, 7) is 13.2. The van der Waals surface area contributed by atoms with Gasteiger partial charge in [-0.15, -0.1) is 0 Å². The van der Waals surface area contributed by atoms with Crippen LogP contribution in [0.5, 0.6) is 0 Å². The molecule has 3 heteroatoms. The van der Waals surface area contributed by atoms with Gasteiger partial charge >= 0.3 is 0 Å². The average Bonchev–Trinajstić information content (AvgIpc) is 2.28. The second kappa shape index (κ2) is 8.04. The van der Waals surface area contributed by atoms with Gasteiger partial charge in [0.25, 0.3) is 0 Å². The summed E-state index contributed by atoms with van der Waals surface area (Å²) in [6.07, 6.45) is 2.55. The van der Waals surface area contributed by atoms with Crippen molar-refractivity contribution < 1.29 is 4.74 Å². The fourth-order valence-electron chi connectivity index (χ4n) is 2.23. The average molecular weight is 228 g/mol. The third kappa shape index (κ3) is 5.83. The quantitative estimate of drug-likeness (QED) is 0.718. The van der Waals surface area contributed by atoms with Crippen molar-refractivity contribution in [3.8, 4) is 0 Å². The minimum Gasteiger partial charge on any atom is -0.379 e. The Morgan fingerprint density at radius 3 is 2.56 bits per heavy atom. The molecule has 3 nitrogen and oxygen atoms in total. The predicted octanol–water partition coefficient (Wildman–Crippen LogP) is 1.73. The Hall–Kier alpha value is -0.120. The van der Waals surface area contributed by atoms with E-state index in [4.69, 9.17) is 4.74 Å². The van der Waals surface area contributed by atoms with Crippen molar-refractivity contribution in [2.24, 2.45) is 5.92 Å². The zero-order valence-corrected chi connectivity index (χ0v) is 11.2. The van der Waals surface area contributed by atoms with Crippen LogP contribution in [0.1, 0.15) is 33.6 Å². The fourth-order valence-corrected chi connectivity index (χ4v) is 2.23. The Morgan fingerprint density at radius 1 is 1.25 bits per heavy atom. The molecule has 1 N–H and O–H groups in total. The summed E-state index contributed by atoms with van der Waals surface area (Å²) in [4.78, 5) is 2.51. The van der Waals surface area contributed by atoms with Crippen molar-refractivity contribution in [2.45, 2.75) is 39.7 Å². The van der Waals surface area contributed by atoms with E-state index in [2.05, 4.69) is 31.0 Å². The molecule has 0 spiro atoms. The first-order chi connectivity index (χ1) is 7.72. The van der Waals surface area contributed by atoms with E-state index in [-0.39, 0.29) is 0 Å². The lowest BCUT2D eigenvalue weighted by molar-refractivity contribution is 0.0316. The molecule has 16 heavy (non-hydrogen) atoms. The highest BCUT2D eigenvalue weighted by Gasteiger charge is 2.13. The van der Waals surface area contributed by atoms with Gasteiger partial charge in [-0.25, -0.2) is 0 Å². The molecule has 1 heterocycles. The van der Waals surface area contributed by atoms with E-state index in [1.54, 1.807) is 0 Å². The molecule has 0 aliphatic carbocycles. The van der Waals surface area contributed by atoms with Crippen LogP contribution in [0, 0.1) is 5.92 Å². The third-order valence-corrected chi connectivity index (χ3v) is 3.21. The number of rotatable bonds is 7. The Balaban J connectivity index is 2.07. The van der Waals surface area contributed by atoms with Crippen molar-refractivity contribution in [3.63, 3.8) is 0 Å². The first-order valence-electron chi connectivity index (χ1n) is 6.75. The minimum atomic E-state index is 0.664. The van der Waals surface area contributed by atoms with Gasteiger partial charge in [-0.3, -0.25) is 4.90 Å². The van der Waals surface area contributed by atoms with Crippen LogP contribution in [-0.2, 0) is 4.74 Å². The van der Waals surface area contributed by atoms with E-state index in [0.29, 0.717) is 6.04 Å². The van der Waals surface area contributed by atoms with Gasteiger partial charge in [0.2, 0.25) is 0 Å². The van der Waals surface area contributed by atoms with E-state index in [1.165, 1.54) is 19.4 Å². The van der Waals surface area contributed by atoms with E-state index in [1.807, 2.05) is 0 Å². The van der Waals surface area contributed by atoms with Crippen molar-refractivity contribution >= 4 is 0 Å². The van der Waals surface area contributed by atoms with Gasteiger partial charge in [0, 0.05) is 25.7 Å². The summed E-state index contributed by atoms with van der Waals surface area (Å²) in [5.74, 6) is 0.734. The second-order valence-electron chi connectivity index (χ2n) is 5.12. The maximum Gasteiger partial charge on any atom is 0.0594 e. The number of morpholine rings is 1. The normalized spacial score (nSPS) is 21.9. The number of nitrogens with zero attached hydrogens (tertiary/aromatic N) is 1. The Morgan fingerprint density at radius 2 is 1.94 bits per heavy atom. The second-order valence-corrected chi connectivity index (χ2v) is 5.12. The maximum absolute atomic E-state index is 5.35. The van der Waals surface area contributed by atoms with Gasteiger partial charge in [0.05, 0.1) is 13.2 Å². The number of hydrogen-bond donors (Lipinski definition) is 1. The first-order valence-corrected chi connectivity index (χ1v) is 6.75. The first kappa shape index (κ1) is 13.9. The van der Waals surface area contributed by atoms with Crippen molar-refractivity contribution in [1.82, 2.24) is 10.2 Å². The molecule has 0 amide bonds. The van der Waals surface area contributed by atoms with Crippen LogP contribution in [0.25, 0.3) is 0 Å². The topological polar surface area (TPSA) is 24.5 Å². The summed E-state index contributed by atoms with van der Waals surface area (Å²) in [5.41, 5.74) is 0. The van der Waals surface area contributed by atoms with Crippen LogP contribution in [0.4, 0.5) is 0 Å². The van der Waals surface area contributed by atoms with E-state index in [9.17, 15) is 0 Å². The molecule has 0 radical (unpaired) electrons. The Labute approximate surface area is 101 Å². The van der Waals surface area contributed by atoms with Crippen LogP contribution < -0.4 is 5.32 Å². The number of ether oxygens (including phenoxy) is 1. The summed E-state index contributed by atoms with van der Waals surface area (Å²) in [6, 6.07) is 0.664. The fraction of sp³-hybridized carbons (Fsp3) is 1.00. The molecule has 1 fully saturated rings. The summed E-state index contributed by atoms with van der Waals surface area (Å²) in [7, 11) is 0. The van der Waals surface area contributed by atoms with Gasteiger partial charge in [0.15, 0.2) is 0 Å². The molecule has 96 valence electrons. The zero-order chi connectivity index (χ0) is 11.8.